The first kappa shape index (κ1) is 14.9. The van der Waals surface area contributed by atoms with Gasteiger partial charge in [0.25, 0.3) is 5.89 Å². The molecule has 0 aromatic carbocycles. The minimum Gasteiger partial charge on any atom is -0.418 e. The summed E-state index contributed by atoms with van der Waals surface area (Å²) in [5.41, 5.74) is 0. The van der Waals surface area contributed by atoms with Gasteiger partial charge in [-0.2, -0.15) is 5.10 Å². The predicted octanol–water partition coefficient (Wildman–Crippen LogP) is 3.29. The Bertz CT molecular complexity index is 691. The zero-order chi connectivity index (χ0) is 15.5. The molecular formula is C15H19N5OS. The average molecular weight is 317 g/mol. The average Bonchev–Trinajstić information content (AvgIpc) is 3.26. The molecule has 0 amide bonds. The molecule has 0 aliphatic rings. The molecule has 0 aliphatic carbocycles. The Morgan fingerprint density at radius 1 is 1.23 bits per heavy atom. The van der Waals surface area contributed by atoms with Gasteiger partial charge in [0.2, 0.25) is 5.89 Å². The zero-order valence-corrected chi connectivity index (χ0v) is 13.6. The lowest BCUT2D eigenvalue weighted by atomic mass is 10.1. The molecule has 0 aliphatic heterocycles. The molecule has 6 nitrogen and oxygen atoms in total. The molecule has 0 bridgehead atoms. The number of aromatic nitrogens is 4. The molecule has 22 heavy (non-hydrogen) atoms. The fourth-order valence-electron chi connectivity index (χ4n) is 2.26. The second kappa shape index (κ2) is 6.41. The van der Waals surface area contributed by atoms with Crippen molar-refractivity contribution >= 4 is 11.3 Å². The zero-order valence-electron chi connectivity index (χ0n) is 12.8. The van der Waals surface area contributed by atoms with E-state index in [0.29, 0.717) is 11.8 Å². The van der Waals surface area contributed by atoms with Crippen molar-refractivity contribution in [1.82, 2.24) is 25.3 Å². The van der Waals surface area contributed by atoms with Gasteiger partial charge in [-0.3, -0.25) is 4.68 Å². The molecule has 116 valence electrons. The Labute approximate surface area is 133 Å². The molecule has 3 rings (SSSR count). The van der Waals surface area contributed by atoms with E-state index < -0.39 is 0 Å². The van der Waals surface area contributed by atoms with Crippen LogP contribution in [0.15, 0.2) is 40.4 Å². The molecule has 3 heterocycles. The van der Waals surface area contributed by atoms with E-state index in [1.807, 2.05) is 41.4 Å². The van der Waals surface area contributed by atoms with E-state index in [0.717, 1.165) is 4.88 Å². The molecule has 0 unspecified atom stereocenters. The molecule has 0 radical (unpaired) electrons. The van der Waals surface area contributed by atoms with E-state index in [9.17, 15) is 0 Å². The van der Waals surface area contributed by atoms with Crippen molar-refractivity contribution in [3.63, 3.8) is 0 Å². The van der Waals surface area contributed by atoms with Crippen LogP contribution < -0.4 is 5.32 Å². The first-order valence-corrected chi connectivity index (χ1v) is 8.15. The van der Waals surface area contributed by atoms with Gasteiger partial charge >= 0.3 is 0 Å². The molecule has 3 aromatic heterocycles. The minimum atomic E-state index is -0.0192. The Balaban J connectivity index is 1.65. The Kier molecular flexibility index (Phi) is 4.35. The van der Waals surface area contributed by atoms with Crippen LogP contribution >= 0.6 is 11.3 Å². The lowest BCUT2D eigenvalue weighted by Crippen LogP contribution is -2.35. The highest BCUT2D eigenvalue weighted by atomic mass is 32.1. The molecule has 0 saturated carbocycles. The summed E-state index contributed by atoms with van der Waals surface area (Å²) in [5.74, 6) is 1.18. The van der Waals surface area contributed by atoms with Gasteiger partial charge < -0.3 is 9.73 Å². The van der Waals surface area contributed by atoms with Gasteiger partial charge in [0, 0.05) is 18.4 Å². The van der Waals surface area contributed by atoms with Crippen LogP contribution in [0.4, 0.5) is 0 Å². The second-order valence-electron chi connectivity index (χ2n) is 5.33. The van der Waals surface area contributed by atoms with Crippen LogP contribution in [0.25, 0.3) is 10.8 Å². The quantitative estimate of drug-likeness (QED) is 0.755. The summed E-state index contributed by atoms with van der Waals surface area (Å²) in [6.07, 6.45) is 3.76. The van der Waals surface area contributed by atoms with Crippen molar-refractivity contribution in [3.8, 4) is 10.8 Å². The number of thiophene rings is 1. The number of nitrogens with zero attached hydrogens (tertiary/aromatic N) is 4. The van der Waals surface area contributed by atoms with Crippen molar-refractivity contribution in [2.45, 2.75) is 38.9 Å². The van der Waals surface area contributed by atoms with E-state index in [-0.39, 0.29) is 18.1 Å². The Morgan fingerprint density at radius 3 is 2.77 bits per heavy atom. The molecule has 3 aromatic rings. The van der Waals surface area contributed by atoms with Crippen LogP contribution in [0.5, 0.6) is 0 Å². The van der Waals surface area contributed by atoms with Gasteiger partial charge in [0.1, 0.15) is 0 Å². The maximum Gasteiger partial charge on any atom is 0.257 e. The second-order valence-corrected chi connectivity index (χ2v) is 6.27. The Morgan fingerprint density at radius 2 is 2.09 bits per heavy atom. The number of hydrogen-bond donors (Lipinski definition) is 1. The normalized spacial score (nSPS) is 15.6. The SMILES string of the molecule is C[C@H](N[C@H](C)[C@H](C)n1cccn1)c1nnc(-c2cccs2)o1. The molecule has 0 saturated heterocycles. The largest absolute Gasteiger partial charge is 0.418 e. The van der Waals surface area contributed by atoms with Crippen molar-refractivity contribution in [2.75, 3.05) is 0 Å². The highest BCUT2D eigenvalue weighted by Crippen LogP contribution is 2.25. The van der Waals surface area contributed by atoms with E-state index in [4.69, 9.17) is 4.42 Å². The fourth-order valence-corrected chi connectivity index (χ4v) is 2.91. The minimum absolute atomic E-state index is 0.0192. The van der Waals surface area contributed by atoms with Gasteiger partial charge in [-0.1, -0.05) is 6.07 Å². The molecule has 1 N–H and O–H groups in total. The molecule has 0 fully saturated rings. The van der Waals surface area contributed by atoms with Gasteiger partial charge in [-0.15, -0.1) is 21.5 Å². The van der Waals surface area contributed by atoms with Crippen LogP contribution in [-0.2, 0) is 0 Å². The summed E-state index contributed by atoms with van der Waals surface area (Å²) in [4.78, 5) is 0.990. The van der Waals surface area contributed by atoms with Crippen molar-refractivity contribution in [1.29, 1.82) is 0 Å². The van der Waals surface area contributed by atoms with Crippen LogP contribution in [0, 0.1) is 0 Å². The summed E-state index contributed by atoms with van der Waals surface area (Å²) in [6, 6.07) is 6.30. The van der Waals surface area contributed by atoms with Crippen molar-refractivity contribution < 1.29 is 4.42 Å². The van der Waals surface area contributed by atoms with Crippen molar-refractivity contribution in [3.05, 3.63) is 41.9 Å². The van der Waals surface area contributed by atoms with E-state index in [2.05, 4.69) is 34.5 Å². The maximum absolute atomic E-state index is 5.76. The van der Waals surface area contributed by atoms with Crippen LogP contribution in [-0.4, -0.2) is 26.0 Å². The Hall–Kier alpha value is -1.99. The first-order chi connectivity index (χ1) is 10.6. The summed E-state index contributed by atoms with van der Waals surface area (Å²) in [7, 11) is 0. The smallest absolute Gasteiger partial charge is 0.257 e. The molecular weight excluding hydrogens is 298 g/mol. The van der Waals surface area contributed by atoms with E-state index in [1.54, 1.807) is 17.5 Å². The third kappa shape index (κ3) is 3.10. The van der Waals surface area contributed by atoms with Gasteiger partial charge in [0.15, 0.2) is 0 Å². The third-order valence-corrected chi connectivity index (χ3v) is 4.58. The fraction of sp³-hybridized carbons (Fsp3) is 0.400. The summed E-state index contributed by atoms with van der Waals surface area (Å²) in [5, 5.41) is 18.0. The van der Waals surface area contributed by atoms with Gasteiger partial charge in [-0.05, 0) is 38.3 Å². The summed E-state index contributed by atoms with van der Waals surface area (Å²) in [6.45, 7) is 6.28. The molecule has 3 atom stereocenters. The van der Waals surface area contributed by atoms with Crippen molar-refractivity contribution in [2.24, 2.45) is 0 Å². The number of nitrogens with one attached hydrogen (secondary N) is 1. The monoisotopic (exact) mass is 317 g/mol. The standard InChI is InChI=1S/C15H19N5OS/c1-10(12(3)20-8-5-7-16-20)17-11(2)14-18-19-15(21-14)13-6-4-9-22-13/h4-12,17H,1-3H3/t10-,11+,12+/m1/s1. The molecule has 0 spiro atoms. The highest BCUT2D eigenvalue weighted by Gasteiger charge is 2.21. The van der Waals surface area contributed by atoms with Crippen LogP contribution in [0.3, 0.4) is 0 Å². The summed E-state index contributed by atoms with van der Waals surface area (Å²) >= 11 is 1.59. The topological polar surface area (TPSA) is 68.8 Å². The van der Waals surface area contributed by atoms with Crippen LogP contribution in [0.1, 0.15) is 38.7 Å². The predicted molar refractivity (Wildman–Crippen MR) is 85.6 cm³/mol. The first-order valence-electron chi connectivity index (χ1n) is 7.27. The number of hydrogen-bond acceptors (Lipinski definition) is 6. The van der Waals surface area contributed by atoms with E-state index >= 15 is 0 Å². The maximum atomic E-state index is 5.76. The third-order valence-electron chi connectivity index (χ3n) is 3.72. The highest BCUT2D eigenvalue weighted by molar-refractivity contribution is 7.13. The summed E-state index contributed by atoms with van der Waals surface area (Å²) < 4.78 is 7.70. The van der Waals surface area contributed by atoms with Gasteiger partial charge in [-0.25, -0.2) is 0 Å². The van der Waals surface area contributed by atoms with E-state index in [1.165, 1.54) is 0 Å². The number of rotatable bonds is 6. The lowest BCUT2D eigenvalue weighted by molar-refractivity contribution is 0.317. The van der Waals surface area contributed by atoms with Gasteiger partial charge in [0.05, 0.1) is 17.0 Å². The van der Waals surface area contributed by atoms with Crippen LogP contribution in [0.2, 0.25) is 0 Å². The lowest BCUT2D eigenvalue weighted by Gasteiger charge is -2.24. The molecule has 7 heteroatoms.